The average molecular weight is 404 g/mol. The van der Waals surface area contributed by atoms with E-state index in [1.165, 1.54) is 23.5 Å². The molecule has 0 bridgehead atoms. The van der Waals surface area contributed by atoms with E-state index in [1.807, 2.05) is 0 Å². The molecule has 29 heavy (non-hydrogen) atoms. The highest BCUT2D eigenvalue weighted by Crippen LogP contribution is 2.36. The van der Waals surface area contributed by atoms with Gasteiger partial charge in [0, 0.05) is 24.6 Å². The molecule has 10 heteroatoms. The molecule has 3 heterocycles. The maximum Gasteiger partial charge on any atom is 0.437 e. The first kappa shape index (κ1) is 19.3. The molecule has 2 saturated heterocycles. The number of alkyl halides is 2. The van der Waals surface area contributed by atoms with E-state index in [0.717, 1.165) is 4.90 Å². The molecular formula is C19H18F2N4O4. The van der Waals surface area contributed by atoms with Crippen molar-refractivity contribution >= 4 is 17.5 Å². The minimum Gasteiger partial charge on any atom is -0.376 e. The van der Waals surface area contributed by atoms with Gasteiger partial charge in [-0.2, -0.15) is 8.78 Å². The number of ether oxygens (including phenoxy) is 2. The molecule has 0 saturated carbocycles. The van der Waals surface area contributed by atoms with Gasteiger partial charge in [-0.15, -0.1) is 0 Å². The Morgan fingerprint density at radius 3 is 2.66 bits per heavy atom. The Kier molecular flexibility index (Phi) is 4.97. The summed E-state index contributed by atoms with van der Waals surface area (Å²) < 4.78 is 39.6. The van der Waals surface area contributed by atoms with E-state index in [1.54, 1.807) is 30.3 Å². The molecule has 1 unspecified atom stereocenters. The Morgan fingerprint density at radius 2 is 1.93 bits per heavy atom. The Labute approximate surface area is 165 Å². The lowest BCUT2D eigenvalue weighted by molar-refractivity contribution is -0.293. The lowest BCUT2D eigenvalue weighted by atomic mass is 10.00. The quantitative estimate of drug-likeness (QED) is 0.751. The van der Waals surface area contributed by atoms with Gasteiger partial charge >= 0.3 is 12.0 Å². The molecule has 2 aromatic rings. The largest absolute Gasteiger partial charge is 0.437 e. The Hall–Kier alpha value is -2.98. The fourth-order valence-corrected chi connectivity index (χ4v) is 3.49. The van der Waals surface area contributed by atoms with Crippen LogP contribution in [-0.4, -0.2) is 71.2 Å². The van der Waals surface area contributed by atoms with Crippen LogP contribution >= 0.6 is 0 Å². The number of carbonyl (C=O) groups is 2. The molecule has 1 aromatic carbocycles. The maximum atomic E-state index is 14.6. The number of hydrogen-bond donors (Lipinski definition) is 0. The minimum absolute atomic E-state index is 0.0862. The average Bonchev–Trinajstić information content (AvgIpc) is 2.93. The van der Waals surface area contributed by atoms with Crippen molar-refractivity contribution in [1.82, 2.24) is 14.9 Å². The second kappa shape index (κ2) is 7.45. The molecular weight excluding hydrogens is 386 g/mol. The van der Waals surface area contributed by atoms with Crippen LogP contribution < -0.4 is 4.90 Å². The van der Waals surface area contributed by atoms with Crippen LogP contribution in [0.5, 0.6) is 0 Å². The monoisotopic (exact) mass is 404 g/mol. The molecule has 1 atom stereocenters. The maximum absolute atomic E-state index is 14.6. The summed E-state index contributed by atoms with van der Waals surface area (Å²) in [6.45, 7) is -0.249. The van der Waals surface area contributed by atoms with Gasteiger partial charge in [-0.05, 0) is 12.1 Å². The topological polar surface area (TPSA) is 84.9 Å². The van der Waals surface area contributed by atoms with E-state index in [4.69, 9.17) is 9.47 Å². The first-order chi connectivity index (χ1) is 13.9. The number of aromatic nitrogens is 2. The Bertz CT molecular complexity index is 900. The third-order valence-electron chi connectivity index (χ3n) is 4.77. The number of para-hydroxylation sites is 1. The number of morpholine rings is 1. The number of nitrogens with zero attached hydrogens (tertiary/aromatic N) is 4. The van der Waals surface area contributed by atoms with Gasteiger partial charge in [0.05, 0.1) is 32.5 Å². The zero-order valence-electron chi connectivity index (χ0n) is 15.3. The predicted octanol–water partition coefficient (Wildman–Crippen LogP) is 1.34. The molecule has 0 aliphatic carbocycles. The number of rotatable bonds is 2. The van der Waals surface area contributed by atoms with Gasteiger partial charge in [-0.25, -0.2) is 4.98 Å². The highest BCUT2D eigenvalue weighted by molar-refractivity contribution is 5.98. The van der Waals surface area contributed by atoms with Gasteiger partial charge in [-0.3, -0.25) is 19.3 Å². The number of amides is 2. The first-order valence-electron chi connectivity index (χ1n) is 8.98. The van der Waals surface area contributed by atoms with E-state index < -0.39 is 23.5 Å². The van der Waals surface area contributed by atoms with E-state index >= 15 is 0 Å². The molecule has 2 aliphatic rings. The van der Waals surface area contributed by atoms with Crippen LogP contribution in [-0.2, 0) is 14.3 Å². The van der Waals surface area contributed by atoms with Crippen molar-refractivity contribution in [3.8, 4) is 0 Å². The van der Waals surface area contributed by atoms with Crippen molar-refractivity contribution in [2.24, 2.45) is 0 Å². The summed E-state index contributed by atoms with van der Waals surface area (Å²) in [5.41, 5.74) is -1.19. The summed E-state index contributed by atoms with van der Waals surface area (Å²) in [6, 6.07) is 8.14. The van der Waals surface area contributed by atoms with E-state index in [-0.39, 0.29) is 38.5 Å². The molecule has 2 aliphatic heterocycles. The fraction of sp³-hybridized carbons (Fsp3) is 0.368. The molecule has 0 N–H and O–H groups in total. The third kappa shape index (κ3) is 3.81. The van der Waals surface area contributed by atoms with Crippen molar-refractivity contribution in [2.45, 2.75) is 11.7 Å². The normalized spacial score (nSPS) is 24.4. The lowest BCUT2D eigenvalue weighted by Gasteiger charge is -2.45. The summed E-state index contributed by atoms with van der Waals surface area (Å²) >= 11 is 0. The van der Waals surface area contributed by atoms with Gasteiger partial charge in [0.15, 0.2) is 0 Å². The summed E-state index contributed by atoms with van der Waals surface area (Å²) in [7, 11) is 0. The highest BCUT2D eigenvalue weighted by atomic mass is 19.3. The zero-order chi connectivity index (χ0) is 20.5. The van der Waals surface area contributed by atoms with Crippen LogP contribution in [0.15, 0.2) is 48.9 Å². The van der Waals surface area contributed by atoms with E-state index in [2.05, 4.69) is 9.97 Å². The number of carbonyl (C=O) groups excluding carboxylic acids is 2. The van der Waals surface area contributed by atoms with Crippen LogP contribution in [0.4, 0.5) is 14.5 Å². The molecule has 2 fully saturated rings. The SMILES string of the molecule is O=C(c1cnccn1)N1CCOCC2(C1)CN(c1ccccc1)C(=O)C(F)(F)O2. The molecule has 2 amide bonds. The second-order valence-corrected chi connectivity index (χ2v) is 6.90. The van der Waals surface area contributed by atoms with Gasteiger partial charge in [0.25, 0.3) is 5.91 Å². The van der Waals surface area contributed by atoms with Crippen LogP contribution in [0.3, 0.4) is 0 Å². The Morgan fingerprint density at radius 1 is 1.14 bits per heavy atom. The van der Waals surface area contributed by atoms with Crippen molar-refractivity contribution in [2.75, 3.05) is 37.7 Å². The third-order valence-corrected chi connectivity index (χ3v) is 4.77. The van der Waals surface area contributed by atoms with Gasteiger partial charge in [0.2, 0.25) is 0 Å². The number of hydrogen-bond acceptors (Lipinski definition) is 6. The lowest BCUT2D eigenvalue weighted by Crippen LogP contribution is -2.66. The van der Waals surface area contributed by atoms with Crippen LogP contribution in [0.2, 0.25) is 0 Å². The summed E-state index contributed by atoms with van der Waals surface area (Å²) in [5.74, 6) is -1.93. The van der Waals surface area contributed by atoms with E-state index in [0.29, 0.717) is 5.69 Å². The van der Waals surface area contributed by atoms with Crippen molar-refractivity contribution in [1.29, 1.82) is 0 Å². The van der Waals surface area contributed by atoms with Crippen molar-refractivity contribution in [3.05, 3.63) is 54.6 Å². The summed E-state index contributed by atoms with van der Waals surface area (Å²) in [6.07, 6.45) is 0.0519. The fourth-order valence-electron chi connectivity index (χ4n) is 3.49. The number of benzene rings is 1. The Balaban J connectivity index is 1.65. The number of anilines is 1. The summed E-state index contributed by atoms with van der Waals surface area (Å²) in [4.78, 5) is 35.3. The van der Waals surface area contributed by atoms with Crippen LogP contribution in [0.25, 0.3) is 0 Å². The van der Waals surface area contributed by atoms with Crippen molar-refractivity contribution < 1.29 is 27.8 Å². The van der Waals surface area contributed by atoms with Crippen LogP contribution in [0, 0.1) is 0 Å². The molecule has 4 rings (SSSR count). The van der Waals surface area contributed by atoms with E-state index in [9.17, 15) is 18.4 Å². The smallest absolute Gasteiger partial charge is 0.376 e. The molecule has 152 valence electrons. The highest BCUT2D eigenvalue weighted by Gasteiger charge is 2.58. The molecule has 8 nitrogen and oxygen atoms in total. The number of halogens is 2. The first-order valence-corrected chi connectivity index (χ1v) is 8.98. The van der Waals surface area contributed by atoms with Crippen molar-refractivity contribution in [3.63, 3.8) is 0 Å². The standard InChI is InChI=1S/C19H18F2N4O4/c20-19(21)17(27)25(14-4-2-1-3-5-14)12-18(29-19)11-24(8-9-28-13-18)16(26)15-10-22-6-7-23-15/h1-7,10H,8-9,11-13H2. The van der Waals surface area contributed by atoms with Gasteiger partial charge < -0.3 is 14.5 Å². The molecule has 1 spiro atoms. The molecule has 0 radical (unpaired) electrons. The molecule has 1 aromatic heterocycles. The predicted molar refractivity (Wildman–Crippen MR) is 96.3 cm³/mol. The zero-order valence-corrected chi connectivity index (χ0v) is 15.3. The van der Waals surface area contributed by atoms with Gasteiger partial charge in [-0.1, -0.05) is 18.2 Å². The van der Waals surface area contributed by atoms with Gasteiger partial charge in [0.1, 0.15) is 11.3 Å². The summed E-state index contributed by atoms with van der Waals surface area (Å²) in [5, 5.41) is 0. The second-order valence-electron chi connectivity index (χ2n) is 6.90. The van der Waals surface area contributed by atoms with Crippen LogP contribution in [0.1, 0.15) is 10.5 Å². The minimum atomic E-state index is -4.05.